The predicted octanol–water partition coefficient (Wildman–Crippen LogP) is 6.40. The van der Waals surface area contributed by atoms with Crippen molar-refractivity contribution in [3.05, 3.63) is 81.0 Å². The molecule has 0 radical (unpaired) electrons. The smallest absolute Gasteiger partial charge is 0.191 e. The molecule has 0 unspecified atom stereocenters. The molecule has 0 aliphatic carbocycles. The van der Waals surface area contributed by atoms with E-state index >= 15 is 0 Å². The van der Waals surface area contributed by atoms with Gasteiger partial charge < -0.3 is 4.74 Å². The monoisotopic (exact) mass is 483 g/mol. The Labute approximate surface area is 180 Å². The lowest BCUT2D eigenvalue weighted by molar-refractivity contribution is 0.289. The molecule has 0 atom stereocenters. The van der Waals surface area contributed by atoms with Gasteiger partial charge in [0.2, 0.25) is 0 Å². The van der Waals surface area contributed by atoms with Crippen molar-refractivity contribution in [2.75, 3.05) is 0 Å². The Morgan fingerprint density at radius 3 is 2.59 bits per heavy atom. The molecule has 3 aromatic rings. The number of aromatic nitrogens is 3. The molecule has 1 aromatic heterocycles. The van der Waals surface area contributed by atoms with Crippen LogP contribution in [-0.2, 0) is 18.9 Å². The Morgan fingerprint density at radius 1 is 1.11 bits per heavy atom. The minimum absolute atomic E-state index is 0.329. The van der Waals surface area contributed by atoms with Gasteiger partial charge in [0.1, 0.15) is 12.4 Å². The van der Waals surface area contributed by atoms with Crippen LogP contribution in [0.5, 0.6) is 5.75 Å². The van der Waals surface area contributed by atoms with E-state index in [1.54, 1.807) is 17.8 Å². The van der Waals surface area contributed by atoms with E-state index in [9.17, 15) is 0 Å². The first kappa shape index (κ1) is 20.3. The average molecular weight is 485 g/mol. The van der Waals surface area contributed by atoms with Crippen molar-refractivity contribution < 1.29 is 4.74 Å². The molecule has 0 saturated heterocycles. The molecular formula is C19H16BrCl2N3OS. The number of hydrogen-bond donors (Lipinski definition) is 0. The van der Waals surface area contributed by atoms with Gasteiger partial charge in [0.25, 0.3) is 0 Å². The summed E-state index contributed by atoms with van der Waals surface area (Å²) >= 11 is 17.0. The van der Waals surface area contributed by atoms with Crippen LogP contribution in [0, 0.1) is 0 Å². The van der Waals surface area contributed by atoms with Crippen LogP contribution in [0.15, 0.2) is 64.7 Å². The van der Waals surface area contributed by atoms with Crippen molar-refractivity contribution >= 4 is 50.9 Å². The normalized spacial score (nSPS) is 10.8. The van der Waals surface area contributed by atoms with E-state index in [4.69, 9.17) is 27.9 Å². The molecule has 0 bridgehead atoms. The van der Waals surface area contributed by atoms with Gasteiger partial charge in [-0.3, -0.25) is 4.57 Å². The molecule has 0 aliphatic rings. The van der Waals surface area contributed by atoms with Crippen LogP contribution >= 0.6 is 50.9 Å². The molecule has 3 rings (SSSR count). The van der Waals surface area contributed by atoms with Gasteiger partial charge in [-0.05, 0) is 42.0 Å². The van der Waals surface area contributed by atoms with Crippen molar-refractivity contribution in [3.63, 3.8) is 0 Å². The fraction of sp³-hybridized carbons (Fsp3) is 0.158. The molecule has 27 heavy (non-hydrogen) atoms. The summed E-state index contributed by atoms with van der Waals surface area (Å²) in [6.07, 6.45) is 1.82. The lowest BCUT2D eigenvalue weighted by Crippen LogP contribution is -2.07. The second-order valence-electron chi connectivity index (χ2n) is 5.58. The van der Waals surface area contributed by atoms with Gasteiger partial charge in [-0.25, -0.2) is 0 Å². The number of ether oxygens (including phenoxy) is 1. The Morgan fingerprint density at radius 2 is 1.89 bits per heavy atom. The van der Waals surface area contributed by atoms with E-state index in [1.165, 1.54) is 0 Å². The Hall–Kier alpha value is -1.47. The minimum atomic E-state index is 0.329. The summed E-state index contributed by atoms with van der Waals surface area (Å²) in [5.41, 5.74) is 1.07. The summed E-state index contributed by atoms with van der Waals surface area (Å²) in [5, 5.41) is 10.5. The molecule has 8 heteroatoms. The summed E-state index contributed by atoms with van der Waals surface area (Å²) in [6.45, 7) is 4.76. The molecule has 0 saturated carbocycles. The van der Waals surface area contributed by atoms with Crippen molar-refractivity contribution in [2.24, 2.45) is 0 Å². The maximum Gasteiger partial charge on any atom is 0.191 e. The highest BCUT2D eigenvalue weighted by atomic mass is 79.9. The van der Waals surface area contributed by atoms with E-state index in [-0.39, 0.29) is 0 Å². The van der Waals surface area contributed by atoms with Gasteiger partial charge in [0.05, 0.1) is 10.0 Å². The molecule has 1 heterocycles. The second-order valence-corrected chi connectivity index (χ2v) is 8.25. The van der Waals surface area contributed by atoms with Crippen LogP contribution < -0.4 is 4.74 Å². The van der Waals surface area contributed by atoms with E-state index in [1.807, 2.05) is 47.0 Å². The summed E-state index contributed by atoms with van der Waals surface area (Å²) in [5.74, 6) is 2.23. The molecule has 140 valence electrons. The third-order valence-electron chi connectivity index (χ3n) is 3.64. The van der Waals surface area contributed by atoms with Crippen LogP contribution in [0.2, 0.25) is 10.0 Å². The van der Waals surface area contributed by atoms with E-state index < -0.39 is 0 Å². The number of allylic oxidation sites excluding steroid dienone is 1. The number of thioether (sulfide) groups is 1. The molecular weight excluding hydrogens is 469 g/mol. The molecule has 4 nitrogen and oxygen atoms in total. The lowest BCUT2D eigenvalue weighted by Gasteiger charge is -2.09. The van der Waals surface area contributed by atoms with Crippen molar-refractivity contribution in [1.82, 2.24) is 14.8 Å². The van der Waals surface area contributed by atoms with Gasteiger partial charge >= 0.3 is 0 Å². The van der Waals surface area contributed by atoms with E-state index in [0.717, 1.165) is 26.8 Å². The predicted molar refractivity (Wildman–Crippen MR) is 115 cm³/mol. The zero-order chi connectivity index (χ0) is 19.2. The first-order chi connectivity index (χ1) is 13.1. The van der Waals surface area contributed by atoms with Crippen LogP contribution in [0.1, 0.15) is 11.4 Å². The van der Waals surface area contributed by atoms with Crippen molar-refractivity contribution in [2.45, 2.75) is 24.1 Å². The summed E-state index contributed by atoms with van der Waals surface area (Å²) in [7, 11) is 0. The van der Waals surface area contributed by atoms with Crippen LogP contribution in [0.4, 0.5) is 0 Å². The summed E-state index contributed by atoms with van der Waals surface area (Å²) in [6, 6.07) is 13.3. The van der Waals surface area contributed by atoms with Crippen LogP contribution in [-0.4, -0.2) is 14.8 Å². The Kier molecular flexibility index (Phi) is 7.24. The summed E-state index contributed by atoms with van der Waals surface area (Å²) in [4.78, 5) is 0. The third-order valence-corrected chi connectivity index (χ3v) is 5.94. The van der Waals surface area contributed by atoms with E-state index in [0.29, 0.717) is 28.9 Å². The molecule has 0 fully saturated rings. The third kappa shape index (κ3) is 5.51. The number of rotatable bonds is 8. The maximum absolute atomic E-state index is 6.08. The molecule has 2 aromatic carbocycles. The number of benzene rings is 2. The first-order valence-corrected chi connectivity index (χ1v) is 10.6. The summed E-state index contributed by atoms with van der Waals surface area (Å²) < 4.78 is 8.82. The van der Waals surface area contributed by atoms with Crippen molar-refractivity contribution in [3.8, 4) is 5.75 Å². The van der Waals surface area contributed by atoms with Gasteiger partial charge in [-0.15, -0.1) is 16.8 Å². The topological polar surface area (TPSA) is 39.9 Å². The average Bonchev–Trinajstić information content (AvgIpc) is 3.04. The molecule has 0 spiro atoms. The highest BCUT2D eigenvalue weighted by Gasteiger charge is 2.13. The number of hydrogen-bond acceptors (Lipinski definition) is 4. The van der Waals surface area contributed by atoms with Crippen molar-refractivity contribution in [1.29, 1.82) is 0 Å². The van der Waals surface area contributed by atoms with Gasteiger partial charge in [0, 0.05) is 16.8 Å². The fourth-order valence-electron chi connectivity index (χ4n) is 2.30. The highest BCUT2D eigenvalue weighted by Crippen LogP contribution is 2.27. The quantitative estimate of drug-likeness (QED) is 0.273. The first-order valence-electron chi connectivity index (χ1n) is 8.05. The maximum atomic E-state index is 6.08. The number of nitrogens with zero attached hydrogens (tertiary/aromatic N) is 3. The Bertz CT molecular complexity index is 931. The van der Waals surface area contributed by atoms with Crippen LogP contribution in [0.25, 0.3) is 0 Å². The Balaban J connectivity index is 1.69. The standard InChI is InChI=1S/C19H16BrCl2N3OS/c1-2-9-25-18(11-26-15-6-4-14(20)5-7-15)23-24-19(25)27-12-13-3-8-16(21)17(22)10-13/h2-8,10H,1,9,11-12H2. The number of halogens is 3. The van der Waals surface area contributed by atoms with Crippen LogP contribution in [0.3, 0.4) is 0 Å². The van der Waals surface area contributed by atoms with E-state index in [2.05, 4.69) is 32.7 Å². The zero-order valence-corrected chi connectivity index (χ0v) is 18.2. The molecule has 0 amide bonds. The lowest BCUT2D eigenvalue weighted by atomic mass is 10.2. The SMILES string of the molecule is C=CCn1c(COc2ccc(Br)cc2)nnc1SCc1ccc(Cl)c(Cl)c1. The minimum Gasteiger partial charge on any atom is -0.486 e. The molecule has 0 N–H and O–H groups in total. The highest BCUT2D eigenvalue weighted by molar-refractivity contribution is 9.10. The van der Waals surface area contributed by atoms with Gasteiger partial charge in [-0.1, -0.05) is 63.0 Å². The molecule has 0 aliphatic heterocycles. The van der Waals surface area contributed by atoms with Gasteiger partial charge in [0.15, 0.2) is 11.0 Å². The largest absolute Gasteiger partial charge is 0.486 e. The van der Waals surface area contributed by atoms with Gasteiger partial charge in [-0.2, -0.15) is 0 Å². The fourth-order valence-corrected chi connectivity index (χ4v) is 3.80. The second kappa shape index (κ2) is 9.64. The zero-order valence-electron chi connectivity index (χ0n) is 14.2.